The molecule has 4 heteroatoms. The highest BCUT2D eigenvalue weighted by molar-refractivity contribution is 8.38. The van der Waals surface area contributed by atoms with Crippen molar-refractivity contribution in [3.05, 3.63) is 48.5 Å². The molecule has 0 aliphatic carbocycles. The summed E-state index contributed by atoms with van der Waals surface area (Å²) < 4.78 is 12.2. The van der Waals surface area contributed by atoms with Crippen LogP contribution >= 0.6 is 6.92 Å². The lowest BCUT2D eigenvalue weighted by atomic mass is 10.0. The molecule has 19 heavy (non-hydrogen) atoms. The van der Waals surface area contributed by atoms with Crippen LogP contribution in [0.15, 0.2) is 48.5 Å². The molecule has 1 aliphatic rings. The molecule has 0 saturated carbocycles. The van der Waals surface area contributed by atoms with Crippen LogP contribution in [-0.2, 0) is 12.2 Å². The predicted octanol–water partition coefficient (Wildman–Crippen LogP) is 4.84. The second-order valence-electron chi connectivity index (χ2n) is 4.81. The molecular formula is C15H15O2PS. The quantitative estimate of drug-likeness (QED) is 0.553. The van der Waals surface area contributed by atoms with Crippen LogP contribution in [0.25, 0.3) is 11.1 Å². The maximum absolute atomic E-state index is 6.09. The SMILES string of the molecule is CC(C)[P+]1([S-])Oc2ccccc2-c2ccccc2O1. The topological polar surface area (TPSA) is 18.5 Å². The van der Waals surface area contributed by atoms with Gasteiger partial charge in [-0.2, -0.15) is 0 Å². The van der Waals surface area contributed by atoms with E-state index in [0.29, 0.717) is 0 Å². The third-order valence-corrected chi connectivity index (χ3v) is 7.03. The van der Waals surface area contributed by atoms with E-state index in [1.807, 2.05) is 48.5 Å². The Morgan fingerprint density at radius 2 is 1.26 bits per heavy atom. The van der Waals surface area contributed by atoms with Crippen LogP contribution in [0.5, 0.6) is 11.5 Å². The number of rotatable bonds is 1. The van der Waals surface area contributed by atoms with Crippen LogP contribution in [0.4, 0.5) is 0 Å². The summed E-state index contributed by atoms with van der Waals surface area (Å²) in [6.07, 6.45) is 0. The summed E-state index contributed by atoms with van der Waals surface area (Å²) in [4.78, 5) is 0. The predicted molar refractivity (Wildman–Crippen MR) is 82.6 cm³/mol. The summed E-state index contributed by atoms with van der Waals surface area (Å²) in [5.74, 6) is 1.65. The number of benzene rings is 2. The molecule has 2 nitrogen and oxygen atoms in total. The lowest BCUT2D eigenvalue weighted by Crippen LogP contribution is -2.14. The summed E-state index contributed by atoms with van der Waals surface area (Å²) in [5, 5.41) is 0. The molecule has 1 heterocycles. The van der Waals surface area contributed by atoms with Gasteiger partial charge < -0.3 is 21.3 Å². The second kappa shape index (κ2) is 4.73. The van der Waals surface area contributed by atoms with Crippen LogP contribution in [0.1, 0.15) is 13.8 Å². The number of hydrogen-bond donors (Lipinski definition) is 0. The molecule has 0 atom stereocenters. The summed E-state index contributed by atoms with van der Waals surface area (Å²) in [7, 11) is 0. The average Bonchev–Trinajstić information content (AvgIpc) is 2.53. The van der Waals surface area contributed by atoms with Crippen molar-refractivity contribution in [1.82, 2.24) is 0 Å². The van der Waals surface area contributed by atoms with Gasteiger partial charge >= 0.3 is 0 Å². The van der Waals surface area contributed by atoms with Gasteiger partial charge in [-0.05, 0) is 26.0 Å². The van der Waals surface area contributed by atoms with Gasteiger partial charge in [0.25, 0.3) is 6.92 Å². The molecule has 98 valence electrons. The van der Waals surface area contributed by atoms with Gasteiger partial charge in [0.2, 0.25) is 0 Å². The first kappa shape index (κ1) is 12.8. The molecule has 3 rings (SSSR count). The van der Waals surface area contributed by atoms with Crippen molar-refractivity contribution in [2.45, 2.75) is 19.5 Å². The fourth-order valence-corrected chi connectivity index (χ4v) is 3.85. The normalized spacial score (nSPS) is 15.8. The second-order valence-corrected chi connectivity index (χ2v) is 8.81. The average molecular weight is 290 g/mol. The third-order valence-electron chi connectivity index (χ3n) is 3.15. The largest absolute Gasteiger partial charge is 0.473 e. The van der Waals surface area contributed by atoms with E-state index in [2.05, 4.69) is 13.8 Å². The van der Waals surface area contributed by atoms with Crippen molar-refractivity contribution in [3.63, 3.8) is 0 Å². The van der Waals surface area contributed by atoms with E-state index in [-0.39, 0.29) is 5.66 Å². The molecule has 0 bridgehead atoms. The van der Waals surface area contributed by atoms with Crippen LogP contribution in [0, 0.1) is 0 Å². The van der Waals surface area contributed by atoms with Gasteiger partial charge in [0.05, 0.1) is 0 Å². The van der Waals surface area contributed by atoms with Crippen molar-refractivity contribution < 1.29 is 9.05 Å². The van der Waals surface area contributed by atoms with Crippen LogP contribution in [0.3, 0.4) is 0 Å². The van der Waals surface area contributed by atoms with E-state index >= 15 is 0 Å². The Morgan fingerprint density at radius 1 is 0.842 bits per heavy atom. The lowest BCUT2D eigenvalue weighted by Gasteiger charge is -2.31. The van der Waals surface area contributed by atoms with Gasteiger partial charge in [-0.25, -0.2) is 0 Å². The standard InChI is InChI=1S/C15H15O2PS/c1-11(2)18(19)16-14-9-5-3-7-12(14)13-8-4-6-10-15(13)17-18/h3-11H,1-2H3. The van der Waals surface area contributed by atoms with E-state index in [1.165, 1.54) is 0 Å². The number of para-hydroxylation sites is 2. The van der Waals surface area contributed by atoms with Crippen molar-refractivity contribution in [3.8, 4) is 22.6 Å². The Bertz CT molecular complexity index is 565. The molecule has 0 N–H and O–H groups in total. The Balaban J connectivity index is 2.24. The first-order valence-electron chi connectivity index (χ1n) is 6.27. The molecule has 0 unspecified atom stereocenters. The van der Waals surface area contributed by atoms with Gasteiger partial charge in [-0.1, -0.05) is 36.4 Å². The molecule has 2 aromatic rings. The zero-order chi connectivity index (χ0) is 13.5. The molecule has 0 amide bonds. The van der Waals surface area contributed by atoms with Crippen LogP contribution < -0.4 is 9.05 Å². The zero-order valence-electron chi connectivity index (χ0n) is 10.9. The summed E-state index contributed by atoms with van der Waals surface area (Å²) in [6, 6.07) is 16.0. The smallest absolute Gasteiger partial charge is 0.253 e. The van der Waals surface area contributed by atoms with Crippen molar-refractivity contribution in [1.29, 1.82) is 0 Å². The van der Waals surface area contributed by atoms with Crippen molar-refractivity contribution in [2.24, 2.45) is 0 Å². The summed E-state index contributed by atoms with van der Waals surface area (Å²) >= 11 is 5.68. The third kappa shape index (κ3) is 2.22. The molecular weight excluding hydrogens is 275 g/mol. The Labute approximate surface area is 119 Å². The summed E-state index contributed by atoms with van der Waals surface area (Å²) in [6.45, 7) is 1.75. The molecule has 0 spiro atoms. The maximum Gasteiger partial charge on any atom is 0.253 e. The van der Waals surface area contributed by atoms with Crippen molar-refractivity contribution in [2.75, 3.05) is 0 Å². The molecule has 0 saturated heterocycles. The van der Waals surface area contributed by atoms with E-state index in [1.54, 1.807) is 0 Å². The molecule has 0 fully saturated rings. The van der Waals surface area contributed by atoms with Gasteiger partial charge in [0.15, 0.2) is 11.5 Å². The fraction of sp³-hybridized carbons (Fsp3) is 0.200. The van der Waals surface area contributed by atoms with Gasteiger partial charge in [0.1, 0.15) is 5.66 Å². The minimum Gasteiger partial charge on any atom is -0.473 e. The van der Waals surface area contributed by atoms with Crippen molar-refractivity contribution >= 4 is 19.2 Å². The molecule has 2 aromatic carbocycles. The van der Waals surface area contributed by atoms with Crippen LogP contribution in [-0.4, -0.2) is 5.66 Å². The summed E-state index contributed by atoms with van der Waals surface area (Å²) in [5.41, 5.74) is 2.26. The number of hydrogen-bond acceptors (Lipinski definition) is 3. The van der Waals surface area contributed by atoms with E-state index in [4.69, 9.17) is 21.3 Å². The van der Waals surface area contributed by atoms with E-state index < -0.39 is 6.92 Å². The Hall–Kier alpha value is -1.18. The molecule has 0 aromatic heterocycles. The highest BCUT2D eigenvalue weighted by Crippen LogP contribution is 2.65. The Morgan fingerprint density at radius 3 is 1.68 bits per heavy atom. The highest BCUT2D eigenvalue weighted by atomic mass is 32.7. The molecule has 1 aliphatic heterocycles. The van der Waals surface area contributed by atoms with E-state index in [9.17, 15) is 0 Å². The Kier molecular flexibility index (Phi) is 3.20. The lowest BCUT2D eigenvalue weighted by molar-refractivity contribution is 0.481. The minimum atomic E-state index is -2.36. The van der Waals surface area contributed by atoms with Gasteiger partial charge in [-0.15, -0.1) is 0 Å². The highest BCUT2D eigenvalue weighted by Gasteiger charge is 2.38. The maximum atomic E-state index is 6.09. The first-order valence-corrected chi connectivity index (χ1v) is 8.98. The monoisotopic (exact) mass is 290 g/mol. The van der Waals surface area contributed by atoms with Crippen LogP contribution in [0.2, 0.25) is 0 Å². The van der Waals surface area contributed by atoms with Gasteiger partial charge in [0, 0.05) is 11.1 Å². The zero-order valence-corrected chi connectivity index (χ0v) is 12.6. The molecule has 0 radical (unpaired) electrons. The first-order chi connectivity index (χ1) is 9.10. The van der Waals surface area contributed by atoms with E-state index in [0.717, 1.165) is 22.6 Å². The minimum absolute atomic E-state index is 0.168. The van der Waals surface area contributed by atoms with Gasteiger partial charge in [-0.3, -0.25) is 0 Å². The fourth-order valence-electron chi connectivity index (χ4n) is 2.04. The number of fused-ring (bicyclic) bond motifs is 3.